The van der Waals surface area contributed by atoms with Crippen molar-refractivity contribution in [1.82, 2.24) is 4.98 Å². The predicted octanol–water partition coefficient (Wildman–Crippen LogP) is 3.38. The lowest BCUT2D eigenvalue weighted by atomic mass is 9.97. The minimum atomic E-state index is -0.865. The molecule has 0 radical (unpaired) electrons. The monoisotopic (exact) mass is 255 g/mol. The molecule has 1 heterocycles. The summed E-state index contributed by atoms with van der Waals surface area (Å²) in [5.41, 5.74) is 4.01. The van der Waals surface area contributed by atoms with E-state index in [1.807, 2.05) is 6.07 Å². The Hall–Kier alpha value is -2.03. The van der Waals surface area contributed by atoms with E-state index in [9.17, 15) is 4.79 Å². The molecule has 0 aliphatic heterocycles. The summed E-state index contributed by atoms with van der Waals surface area (Å²) in [6, 6.07) is 12.2. The SMILES string of the molecule is O=C(O)c1cc2c([nH]1)C(CCc1ccccc1)CC2. The van der Waals surface area contributed by atoms with E-state index in [-0.39, 0.29) is 0 Å². The minimum absolute atomic E-state index is 0.328. The Labute approximate surface area is 112 Å². The lowest BCUT2D eigenvalue weighted by Gasteiger charge is -2.10. The van der Waals surface area contributed by atoms with E-state index in [2.05, 4.69) is 29.2 Å². The second-order valence-corrected chi connectivity index (χ2v) is 5.19. The van der Waals surface area contributed by atoms with Crippen LogP contribution in [-0.4, -0.2) is 16.1 Å². The van der Waals surface area contributed by atoms with E-state index in [1.54, 1.807) is 6.07 Å². The molecule has 0 saturated heterocycles. The third-order valence-corrected chi connectivity index (χ3v) is 3.96. The van der Waals surface area contributed by atoms with Crippen molar-refractivity contribution in [2.24, 2.45) is 0 Å². The quantitative estimate of drug-likeness (QED) is 0.880. The Kier molecular flexibility index (Phi) is 3.11. The lowest BCUT2D eigenvalue weighted by molar-refractivity contribution is 0.0691. The topological polar surface area (TPSA) is 53.1 Å². The Morgan fingerprint density at radius 3 is 2.84 bits per heavy atom. The van der Waals surface area contributed by atoms with E-state index in [1.165, 1.54) is 11.1 Å². The molecule has 98 valence electrons. The molecule has 0 amide bonds. The van der Waals surface area contributed by atoms with Gasteiger partial charge in [-0.25, -0.2) is 4.79 Å². The highest BCUT2D eigenvalue weighted by molar-refractivity contribution is 5.86. The van der Waals surface area contributed by atoms with Gasteiger partial charge in [0.15, 0.2) is 0 Å². The van der Waals surface area contributed by atoms with Crippen molar-refractivity contribution in [1.29, 1.82) is 0 Å². The number of aryl methyl sites for hydroxylation is 2. The van der Waals surface area contributed by atoms with Gasteiger partial charge in [-0.2, -0.15) is 0 Å². The molecule has 3 heteroatoms. The van der Waals surface area contributed by atoms with Crippen LogP contribution >= 0.6 is 0 Å². The highest BCUT2D eigenvalue weighted by Gasteiger charge is 2.26. The van der Waals surface area contributed by atoms with Gasteiger partial charge >= 0.3 is 5.97 Å². The summed E-state index contributed by atoms with van der Waals surface area (Å²) in [7, 11) is 0. The zero-order chi connectivity index (χ0) is 13.2. The smallest absolute Gasteiger partial charge is 0.352 e. The van der Waals surface area contributed by atoms with Crippen LogP contribution in [0.3, 0.4) is 0 Å². The van der Waals surface area contributed by atoms with Crippen molar-refractivity contribution < 1.29 is 9.90 Å². The highest BCUT2D eigenvalue weighted by Crippen LogP contribution is 2.36. The van der Waals surface area contributed by atoms with E-state index in [4.69, 9.17) is 5.11 Å². The number of H-pyrrole nitrogens is 1. The summed E-state index contributed by atoms with van der Waals surface area (Å²) in [5.74, 6) is -0.389. The first-order valence-corrected chi connectivity index (χ1v) is 6.73. The number of fused-ring (bicyclic) bond motifs is 1. The van der Waals surface area contributed by atoms with E-state index in [0.29, 0.717) is 11.6 Å². The van der Waals surface area contributed by atoms with Crippen molar-refractivity contribution >= 4 is 5.97 Å². The zero-order valence-electron chi connectivity index (χ0n) is 10.7. The number of hydrogen-bond acceptors (Lipinski definition) is 1. The van der Waals surface area contributed by atoms with Crippen LogP contribution in [0.25, 0.3) is 0 Å². The van der Waals surface area contributed by atoms with E-state index >= 15 is 0 Å². The molecule has 1 unspecified atom stereocenters. The molecule has 0 fully saturated rings. The maximum atomic E-state index is 11.0. The molecule has 3 rings (SSSR count). The van der Waals surface area contributed by atoms with Gasteiger partial charge in [0.2, 0.25) is 0 Å². The summed E-state index contributed by atoms with van der Waals surface area (Å²) >= 11 is 0. The number of aromatic amines is 1. The van der Waals surface area contributed by atoms with Crippen LogP contribution in [0.4, 0.5) is 0 Å². The number of carboxylic acid groups (broad SMARTS) is 1. The zero-order valence-corrected chi connectivity index (χ0v) is 10.7. The summed E-state index contributed by atoms with van der Waals surface area (Å²) in [6.45, 7) is 0. The van der Waals surface area contributed by atoms with Gasteiger partial charge in [0.1, 0.15) is 5.69 Å². The van der Waals surface area contributed by atoms with Crippen molar-refractivity contribution in [2.45, 2.75) is 31.6 Å². The normalized spacial score (nSPS) is 17.4. The molecule has 19 heavy (non-hydrogen) atoms. The Bertz CT molecular complexity index is 586. The minimum Gasteiger partial charge on any atom is -0.477 e. The van der Waals surface area contributed by atoms with Crippen LogP contribution in [0.1, 0.15) is 46.1 Å². The first kappa shape index (κ1) is 12.0. The van der Waals surface area contributed by atoms with Gasteiger partial charge in [0.25, 0.3) is 0 Å². The van der Waals surface area contributed by atoms with Crippen LogP contribution in [0.5, 0.6) is 0 Å². The van der Waals surface area contributed by atoms with Gasteiger partial charge < -0.3 is 10.1 Å². The molecule has 1 atom stereocenters. The van der Waals surface area contributed by atoms with Crippen LogP contribution in [-0.2, 0) is 12.8 Å². The number of hydrogen-bond donors (Lipinski definition) is 2. The highest BCUT2D eigenvalue weighted by atomic mass is 16.4. The standard InChI is InChI=1S/C16H17NO2/c18-16(19)14-10-13-9-8-12(15(13)17-14)7-6-11-4-2-1-3-5-11/h1-5,10,12,17H,6-9H2,(H,18,19). The summed E-state index contributed by atoms with van der Waals surface area (Å²) in [5, 5.41) is 9.01. The summed E-state index contributed by atoms with van der Waals surface area (Å²) in [4.78, 5) is 14.0. The molecule has 1 aromatic carbocycles. The fourth-order valence-electron chi connectivity index (χ4n) is 2.95. The molecular formula is C16H17NO2. The molecule has 3 nitrogen and oxygen atoms in total. The third kappa shape index (κ3) is 2.41. The largest absolute Gasteiger partial charge is 0.477 e. The average Bonchev–Trinajstić information content (AvgIpc) is 2.98. The van der Waals surface area contributed by atoms with Gasteiger partial charge in [-0.15, -0.1) is 0 Å². The van der Waals surface area contributed by atoms with Gasteiger partial charge in [-0.05, 0) is 48.8 Å². The van der Waals surface area contributed by atoms with Crippen molar-refractivity contribution in [2.75, 3.05) is 0 Å². The van der Waals surface area contributed by atoms with Crippen LogP contribution < -0.4 is 0 Å². The fraction of sp³-hybridized carbons (Fsp3) is 0.312. The first-order chi connectivity index (χ1) is 9.24. The Morgan fingerprint density at radius 1 is 1.32 bits per heavy atom. The van der Waals surface area contributed by atoms with Gasteiger partial charge in [-0.1, -0.05) is 30.3 Å². The van der Waals surface area contributed by atoms with Crippen molar-refractivity contribution in [3.63, 3.8) is 0 Å². The lowest BCUT2D eigenvalue weighted by Crippen LogP contribution is -2.01. The molecule has 0 spiro atoms. The maximum Gasteiger partial charge on any atom is 0.352 e. The van der Waals surface area contributed by atoms with Crippen LogP contribution in [0.15, 0.2) is 36.4 Å². The number of benzene rings is 1. The molecule has 2 N–H and O–H groups in total. The maximum absolute atomic E-state index is 11.0. The second kappa shape index (κ2) is 4.92. The van der Waals surface area contributed by atoms with E-state index in [0.717, 1.165) is 31.4 Å². The number of nitrogens with one attached hydrogen (secondary N) is 1. The third-order valence-electron chi connectivity index (χ3n) is 3.96. The van der Waals surface area contributed by atoms with Crippen molar-refractivity contribution in [3.8, 4) is 0 Å². The van der Waals surface area contributed by atoms with E-state index < -0.39 is 5.97 Å². The molecule has 1 aliphatic carbocycles. The summed E-state index contributed by atoms with van der Waals surface area (Å²) in [6.07, 6.45) is 4.26. The molecule has 0 saturated carbocycles. The van der Waals surface area contributed by atoms with Crippen molar-refractivity contribution in [3.05, 3.63) is 58.9 Å². The van der Waals surface area contributed by atoms with Gasteiger partial charge in [0.05, 0.1) is 0 Å². The van der Waals surface area contributed by atoms with Gasteiger partial charge in [0, 0.05) is 5.69 Å². The number of rotatable bonds is 4. The number of carbonyl (C=O) groups is 1. The molecule has 0 bridgehead atoms. The predicted molar refractivity (Wildman–Crippen MR) is 73.6 cm³/mol. The van der Waals surface area contributed by atoms with Crippen LogP contribution in [0.2, 0.25) is 0 Å². The first-order valence-electron chi connectivity index (χ1n) is 6.73. The second-order valence-electron chi connectivity index (χ2n) is 5.19. The van der Waals surface area contributed by atoms with Gasteiger partial charge in [-0.3, -0.25) is 0 Å². The number of aromatic nitrogens is 1. The number of aromatic carboxylic acids is 1. The number of carboxylic acids is 1. The molecule has 2 aromatic rings. The Balaban J connectivity index is 1.70. The molecule has 1 aromatic heterocycles. The van der Waals surface area contributed by atoms with Crippen LogP contribution in [0, 0.1) is 0 Å². The summed E-state index contributed by atoms with van der Waals surface area (Å²) < 4.78 is 0. The molecular weight excluding hydrogens is 238 g/mol. The Morgan fingerprint density at radius 2 is 2.11 bits per heavy atom. The fourth-order valence-corrected chi connectivity index (χ4v) is 2.95. The average molecular weight is 255 g/mol. The molecule has 1 aliphatic rings.